The van der Waals surface area contributed by atoms with Crippen molar-refractivity contribution in [1.82, 2.24) is 10.2 Å². The van der Waals surface area contributed by atoms with Gasteiger partial charge in [0.05, 0.1) is 5.69 Å². The van der Waals surface area contributed by atoms with Crippen molar-refractivity contribution in [2.45, 2.75) is 0 Å². The summed E-state index contributed by atoms with van der Waals surface area (Å²) < 4.78 is 10.4. The quantitative estimate of drug-likeness (QED) is 0.830. The fourth-order valence-corrected chi connectivity index (χ4v) is 1.77. The molecule has 0 bridgehead atoms. The highest BCUT2D eigenvalue weighted by Crippen LogP contribution is 2.35. The molecule has 0 spiro atoms. The maximum atomic E-state index is 11.3. The Kier molecular flexibility index (Phi) is 2.45. The molecule has 0 saturated heterocycles. The van der Waals surface area contributed by atoms with E-state index in [1.165, 1.54) is 6.07 Å². The van der Waals surface area contributed by atoms with Crippen LogP contribution in [0.2, 0.25) is 0 Å². The van der Waals surface area contributed by atoms with E-state index < -0.39 is 11.5 Å². The molecule has 1 aromatic carbocycles. The zero-order valence-corrected chi connectivity index (χ0v) is 9.54. The van der Waals surface area contributed by atoms with Crippen LogP contribution >= 0.6 is 0 Å². The summed E-state index contributed by atoms with van der Waals surface area (Å²) in [4.78, 5) is 22.2. The molecule has 2 aromatic rings. The molecule has 3 rings (SSSR count). The summed E-state index contributed by atoms with van der Waals surface area (Å²) in [5.41, 5.74) is -0.127. The van der Waals surface area contributed by atoms with Crippen LogP contribution in [0.3, 0.4) is 0 Å². The highest BCUT2D eigenvalue weighted by atomic mass is 16.7. The summed E-state index contributed by atoms with van der Waals surface area (Å²) >= 11 is 0. The number of hydrogen-bond acceptors (Lipinski definition) is 5. The van der Waals surface area contributed by atoms with E-state index in [0.717, 1.165) is 0 Å². The Balaban J connectivity index is 2.10. The van der Waals surface area contributed by atoms with Crippen molar-refractivity contribution in [3.63, 3.8) is 0 Å². The largest absolute Gasteiger partial charge is 0.477 e. The third-order valence-electron chi connectivity index (χ3n) is 2.70. The third-order valence-corrected chi connectivity index (χ3v) is 2.70. The van der Waals surface area contributed by atoms with Crippen molar-refractivity contribution in [2.24, 2.45) is 0 Å². The molecule has 96 valence electrons. The number of carbonyl (C=O) groups is 1. The average molecular weight is 260 g/mol. The van der Waals surface area contributed by atoms with Gasteiger partial charge in [0.1, 0.15) is 5.56 Å². The number of fused-ring (bicyclic) bond motifs is 1. The van der Waals surface area contributed by atoms with Crippen LogP contribution in [0.25, 0.3) is 11.3 Å². The fraction of sp³-hybridized carbons (Fsp3) is 0.0833. The molecular formula is C12H8N2O5. The van der Waals surface area contributed by atoms with Gasteiger partial charge >= 0.3 is 5.97 Å². The second-order valence-corrected chi connectivity index (χ2v) is 3.87. The summed E-state index contributed by atoms with van der Waals surface area (Å²) in [6, 6.07) is 6.30. The number of H-pyrrole nitrogens is 1. The molecule has 19 heavy (non-hydrogen) atoms. The van der Waals surface area contributed by atoms with E-state index in [0.29, 0.717) is 22.8 Å². The van der Waals surface area contributed by atoms with Crippen LogP contribution in [0, 0.1) is 0 Å². The van der Waals surface area contributed by atoms with E-state index in [9.17, 15) is 9.59 Å². The topological polar surface area (TPSA) is 102 Å². The van der Waals surface area contributed by atoms with Crippen LogP contribution in [0.15, 0.2) is 29.1 Å². The Labute approximate surface area is 106 Å². The molecule has 7 heteroatoms. The second kappa shape index (κ2) is 4.13. The predicted molar refractivity (Wildman–Crippen MR) is 63.4 cm³/mol. The van der Waals surface area contributed by atoms with Crippen molar-refractivity contribution < 1.29 is 19.4 Å². The van der Waals surface area contributed by atoms with Gasteiger partial charge in [-0.25, -0.2) is 9.89 Å². The maximum Gasteiger partial charge on any atom is 0.341 e. The first-order valence-corrected chi connectivity index (χ1v) is 5.38. The van der Waals surface area contributed by atoms with E-state index >= 15 is 0 Å². The number of carboxylic acids is 1. The average Bonchev–Trinajstić information content (AvgIpc) is 2.86. The Morgan fingerprint density at radius 2 is 2.05 bits per heavy atom. The van der Waals surface area contributed by atoms with Crippen molar-refractivity contribution in [1.29, 1.82) is 0 Å². The van der Waals surface area contributed by atoms with Crippen molar-refractivity contribution >= 4 is 5.97 Å². The summed E-state index contributed by atoms with van der Waals surface area (Å²) in [5.74, 6) is -0.125. The van der Waals surface area contributed by atoms with E-state index in [-0.39, 0.29) is 12.4 Å². The number of aromatic carboxylic acids is 1. The summed E-state index contributed by atoms with van der Waals surface area (Å²) in [7, 11) is 0. The van der Waals surface area contributed by atoms with Crippen LogP contribution in [0.5, 0.6) is 11.5 Å². The van der Waals surface area contributed by atoms with Crippen LogP contribution in [-0.4, -0.2) is 28.1 Å². The lowest BCUT2D eigenvalue weighted by Crippen LogP contribution is -2.18. The zero-order valence-electron chi connectivity index (χ0n) is 9.54. The number of carboxylic acid groups (broad SMARTS) is 1. The molecule has 2 heterocycles. The number of hydrogen-bond donors (Lipinski definition) is 2. The second-order valence-electron chi connectivity index (χ2n) is 3.87. The highest BCUT2D eigenvalue weighted by molar-refractivity contribution is 5.88. The van der Waals surface area contributed by atoms with Gasteiger partial charge in [-0.2, -0.15) is 5.10 Å². The first-order chi connectivity index (χ1) is 9.15. The lowest BCUT2D eigenvalue weighted by atomic mass is 10.1. The number of aromatic nitrogens is 2. The van der Waals surface area contributed by atoms with Crippen LogP contribution < -0.4 is 15.0 Å². The Morgan fingerprint density at radius 1 is 1.26 bits per heavy atom. The first kappa shape index (κ1) is 11.3. The Morgan fingerprint density at radius 3 is 2.84 bits per heavy atom. The van der Waals surface area contributed by atoms with Gasteiger partial charge in [-0.1, -0.05) is 0 Å². The molecule has 0 atom stereocenters. The number of ether oxygens (including phenoxy) is 2. The van der Waals surface area contributed by atoms with Gasteiger partial charge in [0.25, 0.3) is 5.56 Å². The van der Waals surface area contributed by atoms with Crippen molar-refractivity contribution in [3.8, 4) is 22.8 Å². The summed E-state index contributed by atoms with van der Waals surface area (Å²) in [6.45, 7) is 0.151. The number of aromatic amines is 1. The highest BCUT2D eigenvalue weighted by Gasteiger charge is 2.16. The molecule has 0 radical (unpaired) electrons. The minimum Gasteiger partial charge on any atom is -0.477 e. The number of nitrogens with zero attached hydrogens (tertiary/aromatic N) is 1. The molecule has 2 N–H and O–H groups in total. The number of rotatable bonds is 2. The van der Waals surface area contributed by atoms with Gasteiger partial charge in [-0.05, 0) is 24.3 Å². The molecule has 1 aromatic heterocycles. The Hall–Kier alpha value is -2.83. The lowest BCUT2D eigenvalue weighted by molar-refractivity contribution is 0.0694. The smallest absolute Gasteiger partial charge is 0.341 e. The van der Waals surface area contributed by atoms with Gasteiger partial charge in [0.2, 0.25) is 6.79 Å². The van der Waals surface area contributed by atoms with Crippen LogP contribution in [-0.2, 0) is 0 Å². The Bertz CT molecular complexity index is 722. The third kappa shape index (κ3) is 1.90. The molecule has 0 amide bonds. The van der Waals surface area contributed by atoms with Crippen molar-refractivity contribution in [3.05, 3.63) is 40.2 Å². The standard InChI is InChI=1S/C12H8N2O5/c15-11-7(12(16)17)4-8(13-14-11)6-1-2-9-10(3-6)19-5-18-9/h1-4H,5H2,(H,14,15)(H,16,17). The maximum absolute atomic E-state index is 11.3. The normalized spacial score (nSPS) is 12.4. The van der Waals surface area contributed by atoms with Gasteiger partial charge < -0.3 is 14.6 Å². The van der Waals surface area contributed by atoms with E-state index in [2.05, 4.69) is 10.2 Å². The predicted octanol–water partition coefficient (Wildman–Crippen LogP) is 0.864. The van der Waals surface area contributed by atoms with Gasteiger partial charge in [0.15, 0.2) is 11.5 Å². The molecule has 0 saturated carbocycles. The molecule has 1 aliphatic heterocycles. The number of benzene rings is 1. The van der Waals surface area contributed by atoms with E-state index in [4.69, 9.17) is 14.6 Å². The van der Waals surface area contributed by atoms with E-state index in [1.54, 1.807) is 18.2 Å². The zero-order chi connectivity index (χ0) is 13.4. The van der Waals surface area contributed by atoms with Gasteiger partial charge in [-0.15, -0.1) is 0 Å². The molecule has 7 nitrogen and oxygen atoms in total. The summed E-state index contributed by atoms with van der Waals surface area (Å²) in [6.07, 6.45) is 0. The van der Waals surface area contributed by atoms with Crippen LogP contribution in [0.1, 0.15) is 10.4 Å². The van der Waals surface area contributed by atoms with E-state index in [1.807, 2.05) is 0 Å². The molecule has 1 aliphatic rings. The monoisotopic (exact) mass is 260 g/mol. The fourth-order valence-electron chi connectivity index (χ4n) is 1.77. The minimum absolute atomic E-state index is 0.151. The molecule has 0 fully saturated rings. The van der Waals surface area contributed by atoms with Crippen LogP contribution in [0.4, 0.5) is 0 Å². The first-order valence-electron chi connectivity index (χ1n) is 5.38. The molecular weight excluding hydrogens is 252 g/mol. The molecule has 0 aliphatic carbocycles. The number of nitrogens with one attached hydrogen (secondary N) is 1. The molecule has 0 unspecified atom stereocenters. The van der Waals surface area contributed by atoms with Gasteiger partial charge in [-0.3, -0.25) is 4.79 Å². The van der Waals surface area contributed by atoms with Crippen molar-refractivity contribution in [2.75, 3.05) is 6.79 Å². The van der Waals surface area contributed by atoms with Gasteiger partial charge in [0, 0.05) is 5.56 Å². The summed E-state index contributed by atoms with van der Waals surface area (Å²) in [5, 5.41) is 14.9. The lowest BCUT2D eigenvalue weighted by Gasteiger charge is -2.03. The SMILES string of the molecule is O=C(O)c1cc(-c2ccc3c(c2)OCO3)n[nH]c1=O. The minimum atomic E-state index is -1.30.